The summed E-state index contributed by atoms with van der Waals surface area (Å²) < 4.78 is 7.43. The van der Waals surface area contributed by atoms with Gasteiger partial charge < -0.3 is 10.2 Å². The van der Waals surface area contributed by atoms with Crippen LogP contribution in [-0.4, -0.2) is 24.5 Å². The van der Waals surface area contributed by atoms with Crippen LogP contribution in [-0.2, 0) is 0 Å². The second-order valence-electron chi connectivity index (χ2n) is 4.91. The number of nitrogens with zero attached hydrogens (tertiary/aromatic N) is 1. The first-order valence-electron chi connectivity index (χ1n) is 6.54. The highest BCUT2D eigenvalue weighted by Crippen LogP contribution is 2.34. The van der Waals surface area contributed by atoms with Gasteiger partial charge in [0.2, 0.25) is 0 Å². The molecule has 18 heavy (non-hydrogen) atoms. The van der Waals surface area contributed by atoms with Gasteiger partial charge in [0, 0.05) is 13.1 Å². The summed E-state index contributed by atoms with van der Waals surface area (Å²) in [5, 5.41) is 0. The molecule has 3 nitrogen and oxygen atoms in total. The molecule has 1 fully saturated rings. The van der Waals surface area contributed by atoms with E-state index in [0.717, 1.165) is 33.9 Å². The van der Waals surface area contributed by atoms with Crippen LogP contribution in [0.2, 0.25) is 0 Å². The normalized spacial score (nSPS) is 18.1. The summed E-state index contributed by atoms with van der Waals surface area (Å²) >= 11 is 6.85. The molecule has 2 N–H and O–H groups in total. The molecule has 0 saturated heterocycles. The fourth-order valence-corrected chi connectivity index (χ4v) is 3.06. The van der Waals surface area contributed by atoms with E-state index in [9.17, 15) is 0 Å². The first kappa shape index (κ1) is 14.6. The fraction of sp³-hybridized carbons (Fsp3) is 0.692. The lowest BCUT2D eigenvalue weighted by molar-refractivity contribution is 0.128. The van der Waals surface area contributed by atoms with E-state index in [-0.39, 0.29) is 6.04 Å². The lowest BCUT2D eigenvalue weighted by Crippen LogP contribution is -2.38. The average molecular weight is 380 g/mol. The summed E-state index contributed by atoms with van der Waals surface area (Å²) in [6.45, 7) is 4.92. The van der Waals surface area contributed by atoms with Crippen molar-refractivity contribution < 1.29 is 4.42 Å². The number of hydrogen-bond donors (Lipinski definition) is 1. The zero-order valence-electron chi connectivity index (χ0n) is 10.7. The van der Waals surface area contributed by atoms with Gasteiger partial charge in [-0.3, -0.25) is 4.90 Å². The molecule has 1 aromatic heterocycles. The van der Waals surface area contributed by atoms with Crippen LogP contribution < -0.4 is 5.73 Å². The molecule has 0 bridgehead atoms. The van der Waals surface area contributed by atoms with Crippen molar-refractivity contribution in [3.05, 3.63) is 21.0 Å². The summed E-state index contributed by atoms with van der Waals surface area (Å²) in [5.41, 5.74) is 5.94. The number of nitrogens with two attached hydrogens (primary N) is 1. The highest BCUT2D eigenvalue weighted by Gasteiger charge is 2.27. The Morgan fingerprint density at radius 2 is 2.22 bits per heavy atom. The lowest BCUT2D eigenvalue weighted by atomic mass is 9.85. The van der Waals surface area contributed by atoms with Gasteiger partial charge >= 0.3 is 0 Å². The Bertz CT molecular complexity index is 371. The predicted octanol–water partition coefficient (Wildman–Crippen LogP) is 3.93. The number of furan rings is 1. The molecule has 0 radical (unpaired) electrons. The smallest absolute Gasteiger partial charge is 0.183 e. The molecule has 102 valence electrons. The predicted molar refractivity (Wildman–Crippen MR) is 80.5 cm³/mol. The van der Waals surface area contributed by atoms with Gasteiger partial charge in [-0.15, -0.1) is 0 Å². The highest BCUT2D eigenvalue weighted by atomic mass is 79.9. The first-order chi connectivity index (χ1) is 8.65. The van der Waals surface area contributed by atoms with Gasteiger partial charge in [0.15, 0.2) is 4.67 Å². The fourth-order valence-electron chi connectivity index (χ4n) is 2.46. The van der Waals surface area contributed by atoms with E-state index < -0.39 is 0 Å². The average Bonchev–Trinajstić information content (AvgIpc) is 2.62. The van der Waals surface area contributed by atoms with E-state index in [4.69, 9.17) is 10.2 Å². The molecule has 1 unspecified atom stereocenters. The minimum Gasteiger partial charge on any atom is -0.451 e. The van der Waals surface area contributed by atoms with Crippen LogP contribution in [0.1, 0.15) is 38.0 Å². The van der Waals surface area contributed by atoms with E-state index in [1.807, 2.05) is 6.07 Å². The van der Waals surface area contributed by atoms with Gasteiger partial charge in [-0.25, -0.2) is 0 Å². The van der Waals surface area contributed by atoms with Crippen molar-refractivity contribution in [3.63, 3.8) is 0 Å². The molecule has 1 aliphatic carbocycles. The highest BCUT2D eigenvalue weighted by molar-refractivity contribution is 9.13. The van der Waals surface area contributed by atoms with Crippen LogP contribution in [0.5, 0.6) is 0 Å². The van der Waals surface area contributed by atoms with Crippen LogP contribution in [0.4, 0.5) is 0 Å². The SMILES string of the molecule is CCN(CC1CCC1)C(CN)c1cc(Br)c(Br)o1. The van der Waals surface area contributed by atoms with Gasteiger partial charge in [-0.2, -0.15) is 0 Å². The summed E-state index contributed by atoms with van der Waals surface area (Å²) in [4.78, 5) is 2.43. The van der Waals surface area contributed by atoms with E-state index in [1.54, 1.807) is 0 Å². The van der Waals surface area contributed by atoms with Crippen molar-refractivity contribution in [3.8, 4) is 0 Å². The third-order valence-corrected chi connectivity index (χ3v) is 5.49. The molecule has 1 aromatic rings. The molecule has 0 spiro atoms. The molecule has 1 saturated carbocycles. The van der Waals surface area contributed by atoms with Gasteiger partial charge in [-0.1, -0.05) is 13.3 Å². The van der Waals surface area contributed by atoms with Gasteiger partial charge in [0.25, 0.3) is 0 Å². The van der Waals surface area contributed by atoms with Crippen LogP contribution in [0.15, 0.2) is 19.6 Å². The second-order valence-corrected chi connectivity index (χ2v) is 6.48. The molecular formula is C13H20Br2N2O. The monoisotopic (exact) mass is 378 g/mol. The van der Waals surface area contributed by atoms with Gasteiger partial charge in [0.1, 0.15) is 5.76 Å². The number of rotatable bonds is 6. The van der Waals surface area contributed by atoms with Gasteiger partial charge in [0.05, 0.1) is 10.5 Å². The lowest BCUT2D eigenvalue weighted by Gasteiger charge is -2.35. The minimum absolute atomic E-state index is 0.179. The molecule has 0 aromatic carbocycles. The minimum atomic E-state index is 0.179. The Morgan fingerprint density at radius 3 is 2.61 bits per heavy atom. The largest absolute Gasteiger partial charge is 0.451 e. The summed E-state index contributed by atoms with van der Waals surface area (Å²) in [7, 11) is 0. The molecule has 5 heteroatoms. The Hall–Kier alpha value is 0.160. The van der Waals surface area contributed by atoms with Crippen LogP contribution in [0, 0.1) is 5.92 Å². The molecule has 1 aliphatic rings. The summed E-state index contributed by atoms with van der Waals surface area (Å²) in [6, 6.07) is 2.20. The zero-order valence-corrected chi connectivity index (χ0v) is 13.8. The van der Waals surface area contributed by atoms with Crippen molar-refractivity contribution in [2.75, 3.05) is 19.6 Å². The van der Waals surface area contributed by atoms with Crippen molar-refractivity contribution in [2.24, 2.45) is 11.7 Å². The maximum Gasteiger partial charge on any atom is 0.183 e. The standard InChI is InChI=1S/C13H20Br2N2O/c1-2-17(8-9-4-3-5-9)11(7-16)12-6-10(14)13(15)18-12/h6,9,11H,2-5,7-8,16H2,1H3. The Kier molecular flexibility index (Phi) is 5.30. The molecule has 0 aliphatic heterocycles. The third-order valence-electron chi connectivity index (χ3n) is 3.78. The van der Waals surface area contributed by atoms with E-state index in [2.05, 4.69) is 43.7 Å². The maximum atomic E-state index is 5.94. The van der Waals surface area contributed by atoms with Crippen molar-refractivity contribution in [1.82, 2.24) is 4.90 Å². The maximum absolute atomic E-state index is 5.94. The molecule has 0 amide bonds. The van der Waals surface area contributed by atoms with Crippen molar-refractivity contribution in [1.29, 1.82) is 0 Å². The van der Waals surface area contributed by atoms with Crippen molar-refractivity contribution >= 4 is 31.9 Å². The van der Waals surface area contributed by atoms with Crippen molar-refractivity contribution in [2.45, 2.75) is 32.2 Å². The van der Waals surface area contributed by atoms with Crippen LogP contribution >= 0.6 is 31.9 Å². The zero-order chi connectivity index (χ0) is 13.1. The van der Waals surface area contributed by atoms with E-state index in [0.29, 0.717) is 6.54 Å². The Morgan fingerprint density at radius 1 is 1.50 bits per heavy atom. The van der Waals surface area contributed by atoms with Crippen LogP contribution in [0.25, 0.3) is 0 Å². The quantitative estimate of drug-likeness (QED) is 0.814. The topological polar surface area (TPSA) is 42.4 Å². The molecule has 2 rings (SSSR count). The number of halogens is 2. The van der Waals surface area contributed by atoms with Crippen LogP contribution in [0.3, 0.4) is 0 Å². The Balaban J connectivity index is 2.08. The molecular weight excluding hydrogens is 360 g/mol. The summed E-state index contributed by atoms with van der Waals surface area (Å²) in [5.74, 6) is 1.79. The third kappa shape index (κ3) is 3.18. The first-order valence-corrected chi connectivity index (χ1v) is 8.13. The molecule has 1 atom stereocenters. The van der Waals surface area contributed by atoms with E-state index >= 15 is 0 Å². The van der Waals surface area contributed by atoms with E-state index in [1.165, 1.54) is 19.3 Å². The second kappa shape index (κ2) is 6.55. The van der Waals surface area contributed by atoms with Gasteiger partial charge in [-0.05, 0) is 63.2 Å². The molecule has 1 heterocycles. The summed E-state index contributed by atoms with van der Waals surface area (Å²) in [6.07, 6.45) is 4.10. The number of likely N-dealkylation sites (N-methyl/N-ethyl adjacent to an activating group) is 1. The Labute approximate surface area is 125 Å². The number of hydrogen-bond acceptors (Lipinski definition) is 3.